The van der Waals surface area contributed by atoms with E-state index in [0.717, 1.165) is 6.42 Å². The van der Waals surface area contributed by atoms with Crippen LogP contribution >= 0.6 is 0 Å². The average Bonchev–Trinajstić information content (AvgIpc) is 2.39. The molecule has 1 aromatic rings. The molecule has 1 fully saturated rings. The zero-order chi connectivity index (χ0) is 14.0. The third-order valence-corrected chi connectivity index (χ3v) is 3.82. The average molecular weight is 270 g/mol. The molecule has 3 nitrogen and oxygen atoms in total. The number of nitrogens with zero attached hydrogens (tertiary/aromatic N) is 1. The van der Waals surface area contributed by atoms with Crippen molar-refractivity contribution in [2.45, 2.75) is 26.0 Å². The summed E-state index contributed by atoms with van der Waals surface area (Å²) in [4.78, 5) is 1.72. The summed E-state index contributed by atoms with van der Waals surface area (Å²) in [6.45, 7) is 3.37. The number of methoxy groups -OCH3 is 1. The molecule has 2 atom stereocenters. The number of ether oxygens (including phenoxy) is 1. The van der Waals surface area contributed by atoms with Crippen molar-refractivity contribution in [3.05, 3.63) is 29.3 Å². The Balaban J connectivity index is 2.27. The smallest absolute Gasteiger partial charge is 0.149 e. The third kappa shape index (κ3) is 2.87. The molecule has 0 aromatic heterocycles. The van der Waals surface area contributed by atoms with Crippen LogP contribution in [-0.2, 0) is 11.3 Å². The van der Waals surface area contributed by atoms with E-state index in [4.69, 9.17) is 10.5 Å². The maximum absolute atomic E-state index is 14.0. The van der Waals surface area contributed by atoms with Gasteiger partial charge >= 0.3 is 0 Å². The minimum Gasteiger partial charge on any atom is -0.379 e. The van der Waals surface area contributed by atoms with Gasteiger partial charge in [0, 0.05) is 26.7 Å². The van der Waals surface area contributed by atoms with Crippen molar-refractivity contribution in [2.75, 3.05) is 25.1 Å². The molecule has 0 amide bonds. The van der Waals surface area contributed by atoms with Crippen LogP contribution in [-0.4, -0.2) is 26.3 Å². The van der Waals surface area contributed by atoms with Crippen LogP contribution in [0.2, 0.25) is 0 Å². The zero-order valence-electron chi connectivity index (χ0n) is 11.3. The zero-order valence-corrected chi connectivity index (χ0v) is 11.3. The van der Waals surface area contributed by atoms with Gasteiger partial charge in [-0.3, -0.25) is 0 Å². The van der Waals surface area contributed by atoms with E-state index >= 15 is 0 Å². The van der Waals surface area contributed by atoms with Crippen molar-refractivity contribution < 1.29 is 13.5 Å². The van der Waals surface area contributed by atoms with Crippen LogP contribution in [0.25, 0.3) is 0 Å². The molecule has 2 rings (SSSR count). The van der Waals surface area contributed by atoms with Gasteiger partial charge in [-0.2, -0.15) is 0 Å². The number of hydrogen-bond acceptors (Lipinski definition) is 3. The Morgan fingerprint density at radius 3 is 2.53 bits per heavy atom. The predicted molar refractivity (Wildman–Crippen MR) is 71.0 cm³/mol. The summed E-state index contributed by atoms with van der Waals surface area (Å²) in [6, 6.07) is 2.61. The van der Waals surface area contributed by atoms with Gasteiger partial charge in [-0.05, 0) is 30.0 Å². The van der Waals surface area contributed by atoms with Gasteiger partial charge in [-0.15, -0.1) is 0 Å². The number of rotatable bonds is 3. The van der Waals surface area contributed by atoms with E-state index in [1.165, 1.54) is 12.1 Å². The number of anilines is 1. The highest BCUT2D eigenvalue weighted by Crippen LogP contribution is 2.30. The molecule has 1 aliphatic rings. The molecule has 2 unspecified atom stereocenters. The SMILES string of the molecule is COC1CN(c2c(F)cc(CN)cc2F)CCC1C. The molecular formula is C14H20F2N2O. The highest BCUT2D eigenvalue weighted by molar-refractivity contribution is 5.51. The largest absolute Gasteiger partial charge is 0.379 e. The molecule has 1 aromatic carbocycles. The summed E-state index contributed by atoms with van der Waals surface area (Å²) in [7, 11) is 1.63. The molecule has 0 saturated carbocycles. The van der Waals surface area contributed by atoms with Crippen LogP contribution in [0.5, 0.6) is 0 Å². The standard InChI is InChI=1S/C14H20F2N2O/c1-9-3-4-18(8-13(9)19-2)14-11(15)5-10(7-17)6-12(14)16/h5-6,9,13H,3-4,7-8,17H2,1-2H3. The normalized spacial score (nSPS) is 23.7. The Morgan fingerprint density at radius 1 is 1.37 bits per heavy atom. The third-order valence-electron chi connectivity index (χ3n) is 3.82. The van der Waals surface area contributed by atoms with Gasteiger partial charge in [0.15, 0.2) is 0 Å². The van der Waals surface area contributed by atoms with E-state index in [1.54, 1.807) is 12.0 Å². The number of benzene rings is 1. The Morgan fingerprint density at radius 2 is 2.00 bits per heavy atom. The molecule has 0 aliphatic carbocycles. The fraction of sp³-hybridized carbons (Fsp3) is 0.571. The van der Waals surface area contributed by atoms with E-state index in [9.17, 15) is 8.78 Å². The second-order valence-electron chi connectivity index (χ2n) is 5.10. The lowest BCUT2D eigenvalue weighted by Crippen LogP contribution is -2.44. The van der Waals surface area contributed by atoms with Crippen LogP contribution in [0.3, 0.4) is 0 Å². The molecule has 106 valence electrons. The minimum absolute atomic E-state index is 0.00161. The van der Waals surface area contributed by atoms with Crippen molar-refractivity contribution in [3.8, 4) is 0 Å². The molecule has 0 bridgehead atoms. The predicted octanol–water partition coefficient (Wildman–Crippen LogP) is 2.28. The Labute approximate surface area is 112 Å². The summed E-state index contributed by atoms with van der Waals surface area (Å²) in [5, 5.41) is 0. The van der Waals surface area contributed by atoms with Gasteiger partial charge in [0.25, 0.3) is 0 Å². The number of nitrogens with two attached hydrogens (primary N) is 1. The molecular weight excluding hydrogens is 250 g/mol. The Hall–Kier alpha value is -1.20. The van der Waals surface area contributed by atoms with Gasteiger partial charge in [-0.25, -0.2) is 8.78 Å². The van der Waals surface area contributed by atoms with Crippen LogP contribution in [0, 0.1) is 17.6 Å². The topological polar surface area (TPSA) is 38.5 Å². The lowest BCUT2D eigenvalue weighted by molar-refractivity contribution is 0.0495. The van der Waals surface area contributed by atoms with Gasteiger partial charge in [0.1, 0.15) is 17.3 Å². The number of halogens is 2. The van der Waals surface area contributed by atoms with Crippen molar-refractivity contribution in [1.29, 1.82) is 0 Å². The number of piperidine rings is 1. The van der Waals surface area contributed by atoms with E-state index < -0.39 is 11.6 Å². The van der Waals surface area contributed by atoms with E-state index in [-0.39, 0.29) is 18.3 Å². The van der Waals surface area contributed by atoms with E-state index in [1.807, 2.05) is 0 Å². The summed E-state index contributed by atoms with van der Waals surface area (Å²) in [5.41, 5.74) is 5.91. The summed E-state index contributed by atoms with van der Waals surface area (Å²) in [5.74, 6) is -0.703. The number of hydrogen-bond donors (Lipinski definition) is 1. The molecule has 1 heterocycles. The van der Waals surface area contributed by atoms with Crippen molar-refractivity contribution in [3.63, 3.8) is 0 Å². The lowest BCUT2D eigenvalue weighted by Gasteiger charge is -2.37. The highest BCUT2D eigenvalue weighted by Gasteiger charge is 2.29. The molecule has 19 heavy (non-hydrogen) atoms. The van der Waals surface area contributed by atoms with E-state index in [0.29, 0.717) is 24.6 Å². The fourth-order valence-corrected chi connectivity index (χ4v) is 2.58. The van der Waals surface area contributed by atoms with Gasteiger partial charge in [0.2, 0.25) is 0 Å². The first-order valence-corrected chi connectivity index (χ1v) is 6.52. The first kappa shape index (κ1) is 14.2. The van der Waals surface area contributed by atoms with Crippen LogP contribution in [0.4, 0.5) is 14.5 Å². The first-order chi connectivity index (χ1) is 9.06. The van der Waals surface area contributed by atoms with Gasteiger partial charge in [-0.1, -0.05) is 6.92 Å². The summed E-state index contributed by atoms with van der Waals surface area (Å²) < 4.78 is 33.4. The van der Waals surface area contributed by atoms with Crippen LogP contribution < -0.4 is 10.6 Å². The highest BCUT2D eigenvalue weighted by atomic mass is 19.1. The van der Waals surface area contributed by atoms with Gasteiger partial charge < -0.3 is 15.4 Å². The van der Waals surface area contributed by atoms with Crippen molar-refractivity contribution in [2.24, 2.45) is 11.7 Å². The molecule has 2 N–H and O–H groups in total. The maximum atomic E-state index is 14.0. The monoisotopic (exact) mass is 270 g/mol. The minimum atomic E-state index is -0.551. The van der Waals surface area contributed by atoms with Crippen molar-refractivity contribution >= 4 is 5.69 Å². The lowest BCUT2D eigenvalue weighted by atomic mass is 9.95. The maximum Gasteiger partial charge on any atom is 0.149 e. The summed E-state index contributed by atoms with van der Waals surface area (Å²) >= 11 is 0. The first-order valence-electron chi connectivity index (χ1n) is 6.52. The van der Waals surface area contributed by atoms with Crippen LogP contribution in [0.1, 0.15) is 18.9 Å². The Bertz CT molecular complexity index is 430. The summed E-state index contributed by atoms with van der Waals surface area (Å²) in [6.07, 6.45) is 0.859. The van der Waals surface area contributed by atoms with Crippen molar-refractivity contribution in [1.82, 2.24) is 0 Å². The molecule has 1 aliphatic heterocycles. The van der Waals surface area contributed by atoms with Crippen LogP contribution in [0.15, 0.2) is 12.1 Å². The molecule has 5 heteroatoms. The Kier molecular flexibility index (Phi) is 4.37. The van der Waals surface area contributed by atoms with Gasteiger partial charge in [0.05, 0.1) is 6.10 Å². The molecule has 0 radical (unpaired) electrons. The fourth-order valence-electron chi connectivity index (χ4n) is 2.58. The second kappa shape index (κ2) is 5.84. The quantitative estimate of drug-likeness (QED) is 0.916. The van der Waals surface area contributed by atoms with E-state index in [2.05, 4.69) is 6.92 Å². The molecule has 0 spiro atoms. The second-order valence-corrected chi connectivity index (χ2v) is 5.10. The molecule has 1 saturated heterocycles.